The van der Waals surface area contributed by atoms with Crippen LogP contribution in [0.1, 0.15) is 44.5 Å². The SMILES string of the molecule is COc1ncnc2c1nc(CCl)n2C1CCCCC1C. The molecule has 2 aromatic rings. The zero-order valence-electron chi connectivity index (χ0n) is 11.8. The van der Waals surface area contributed by atoms with Crippen molar-refractivity contribution in [1.82, 2.24) is 19.5 Å². The van der Waals surface area contributed by atoms with Gasteiger partial charge in [-0.05, 0) is 18.8 Å². The maximum atomic E-state index is 6.09. The van der Waals surface area contributed by atoms with Crippen LogP contribution in [0.15, 0.2) is 6.33 Å². The first-order chi connectivity index (χ1) is 9.76. The van der Waals surface area contributed by atoms with Gasteiger partial charge >= 0.3 is 0 Å². The number of rotatable bonds is 3. The van der Waals surface area contributed by atoms with Crippen LogP contribution in [-0.4, -0.2) is 26.6 Å². The highest BCUT2D eigenvalue weighted by atomic mass is 35.5. The van der Waals surface area contributed by atoms with Crippen LogP contribution in [0.5, 0.6) is 5.88 Å². The average molecular weight is 295 g/mol. The van der Waals surface area contributed by atoms with Gasteiger partial charge in [-0.2, -0.15) is 4.98 Å². The molecule has 1 fully saturated rings. The molecular weight excluding hydrogens is 276 g/mol. The normalized spacial score (nSPS) is 23.1. The molecule has 0 N–H and O–H groups in total. The Bertz CT molecular complexity index is 612. The summed E-state index contributed by atoms with van der Waals surface area (Å²) in [5, 5.41) is 0. The molecule has 1 saturated carbocycles. The Hall–Kier alpha value is -1.36. The van der Waals surface area contributed by atoms with Crippen LogP contribution in [0.3, 0.4) is 0 Å². The van der Waals surface area contributed by atoms with Crippen molar-refractivity contribution in [3.63, 3.8) is 0 Å². The second kappa shape index (κ2) is 5.56. The first kappa shape index (κ1) is 13.6. The maximum Gasteiger partial charge on any atom is 0.245 e. The second-order valence-electron chi connectivity index (χ2n) is 5.42. The van der Waals surface area contributed by atoms with E-state index in [0.29, 0.717) is 29.2 Å². The number of alkyl halides is 1. The molecule has 2 atom stereocenters. The van der Waals surface area contributed by atoms with Gasteiger partial charge in [-0.1, -0.05) is 19.8 Å². The van der Waals surface area contributed by atoms with Crippen molar-refractivity contribution >= 4 is 22.8 Å². The monoisotopic (exact) mass is 294 g/mol. The molecule has 2 aromatic heterocycles. The van der Waals surface area contributed by atoms with E-state index >= 15 is 0 Å². The fourth-order valence-electron chi connectivity index (χ4n) is 3.21. The standard InChI is InChI=1S/C14H19ClN4O/c1-9-5-3-4-6-10(9)19-11(7-15)18-12-13(19)16-8-17-14(12)20-2/h8-10H,3-7H2,1-2H3. The number of hydrogen-bond acceptors (Lipinski definition) is 4. The smallest absolute Gasteiger partial charge is 0.245 e. The summed E-state index contributed by atoms with van der Waals surface area (Å²) in [6.45, 7) is 2.30. The van der Waals surface area contributed by atoms with E-state index in [0.717, 1.165) is 17.9 Å². The fraction of sp³-hybridized carbons (Fsp3) is 0.643. The van der Waals surface area contributed by atoms with Crippen molar-refractivity contribution in [3.05, 3.63) is 12.2 Å². The van der Waals surface area contributed by atoms with Gasteiger partial charge < -0.3 is 9.30 Å². The fourth-order valence-corrected chi connectivity index (χ4v) is 3.39. The van der Waals surface area contributed by atoms with Crippen LogP contribution < -0.4 is 4.74 Å². The summed E-state index contributed by atoms with van der Waals surface area (Å²) in [6.07, 6.45) is 6.49. The number of methoxy groups -OCH3 is 1. The van der Waals surface area contributed by atoms with Crippen molar-refractivity contribution in [3.8, 4) is 5.88 Å². The molecule has 2 heterocycles. The summed E-state index contributed by atoms with van der Waals surface area (Å²) in [7, 11) is 1.60. The molecule has 0 amide bonds. The van der Waals surface area contributed by atoms with Gasteiger partial charge in [0.25, 0.3) is 0 Å². The summed E-state index contributed by atoms with van der Waals surface area (Å²) in [5.74, 6) is 2.37. The Morgan fingerprint density at radius 2 is 2.15 bits per heavy atom. The highest BCUT2D eigenvalue weighted by molar-refractivity contribution is 6.16. The van der Waals surface area contributed by atoms with Gasteiger partial charge in [0, 0.05) is 6.04 Å². The van der Waals surface area contributed by atoms with Crippen LogP contribution in [0.4, 0.5) is 0 Å². The molecule has 0 radical (unpaired) electrons. The van der Waals surface area contributed by atoms with E-state index in [9.17, 15) is 0 Å². The Morgan fingerprint density at radius 1 is 1.35 bits per heavy atom. The molecular formula is C14H19ClN4O. The van der Waals surface area contributed by atoms with Crippen molar-refractivity contribution < 1.29 is 4.74 Å². The van der Waals surface area contributed by atoms with Gasteiger partial charge in [0.15, 0.2) is 11.2 Å². The molecule has 0 aliphatic heterocycles. The van der Waals surface area contributed by atoms with E-state index in [1.165, 1.54) is 25.6 Å². The summed E-state index contributed by atoms with van der Waals surface area (Å²) in [4.78, 5) is 13.1. The lowest BCUT2D eigenvalue weighted by Gasteiger charge is -2.31. The van der Waals surface area contributed by atoms with E-state index < -0.39 is 0 Å². The lowest BCUT2D eigenvalue weighted by atomic mass is 9.85. The van der Waals surface area contributed by atoms with Gasteiger partial charge in [0.1, 0.15) is 12.2 Å². The Balaban J connectivity index is 2.17. The highest BCUT2D eigenvalue weighted by Gasteiger charge is 2.28. The van der Waals surface area contributed by atoms with E-state index in [1.54, 1.807) is 7.11 Å². The molecule has 0 spiro atoms. The van der Waals surface area contributed by atoms with E-state index in [4.69, 9.17) is 16.3 Å². The predicted molar refractivity (Wildman–Crippen MR) is 78.1 cm³/mol. The number of imidazole rings is 1. The first-order valence-corrected chi connectivity index (χ1v) is 7.61. The molecule has 1 aliphatic rings. The van der Waals surface area contributed by atoms with Crippen LogP contribution in [0.25, 0.3) is 11.2 Å². The molecule has 1 aliphatic carbocycles. The Kier molecular flexibility index (Phi) is 3.78. The molecule has 0 aromatic carbocycles. The molecule has 0 bridgehead atoms. The van der Waals surface area contributed by atoms with E-state index in [1.807, 2.05) is 0 Å². The number of nitrogens with zero attached hydrogens (tertiary/aromatic N) is 4. The third-order valence-electron chi connectivity index (χ3n) is 4.23. The van der Waals surface area contributed by atoms with Crippen LogP contribution in [0, 0.1) is 5.92 Å². The summed E-state index contributed by atoms with van der Waals surface area (Å²) < 4.78 is 7.49. The summed E-state index contributed by atoms with van der Waals surface area (Å²) in [6, 6.07) is 0.419. The molecule has 5 nitrogen and oxygen atoms in total. The average Bonchev–Trinajstić information content (AvgIpc) is 2.86. The zero-order valence-corrected chi connectivity index (χ0v) is 12.6. The number of fused-ring (bicyclic) bond motifs is 1. The van der Waals surface area contributed by atoms with Gasteiger partial charge in [0.05, 0.1) is 13.0 Å². The number of halogens is 1. The van der Waals surface area contributed by atoms with Crippen molar-refractivity contribution in [2.75, 3.05) is 7.11 Å². The molecule has 20 heavy (non-hydrogen) atoms. The minimum absolute atomic E-state index is 0.378. The van der Waals surface area contributed by atoms with E-state index in [2.05, 4.69) is 26.4 Å². The third-order valence-corrected chi connectivity index (χ3v) is 4.47. The number of hydrogen-bond donors (Lipinski definition) is 0. The van der Waals surface area contributed by atoms with Gasteiger partial charge in [-0.3, -0.25) is 0 Å². The topological polar surface area (TPSA) is 52.8 Å². The first-order valence-electron chi connectivity index (χ1n) is 7.08. The largest absolute Gasteiger partial charge is 0.479 e. The number of ether oxygens (including phenoxy) is 1. The minimum atomic E-state index is 0.378. The van der Waals surface area contributed by atoms with Gasteiger partial charge in [-0.25, -0.2) is 9.97 Å². The zero-order chi connectivity index (χ0) is 14.1. The third kappa shape index (κ3) is 2.14. The highest BCUT2D eigenvalue weighted by Crippen LogP contribution is 2.37. The lowest BCUT2D eigenvalue weighted by Crippen LogP contribution is -2.22. The summed E-state index contributed by atoms with van der Waals surface area (Å²) >= 11 is 6.09. The Labute approximate surface area is 123 Å². The Morgan fingerprint density at radius 3 is 2.85 bits per heavy atom. The van der Waals surface area contributed by atoms with Gasteiger partial charge in [0.2, 0.25) is 5.88 Å². The molecule has 3 rings (SSSR count). The molecule has 6 heteroatoms. The quantitative estimate of drug-likeness (QED) is 0.815. The van der Waals surface area contributed by atoms with Crippen LogP contribution >= 0.6 is 11.6 Å². The maximum absolute atomic E-state index is 6.09. The number of aromatic nitrogens is 4. The molecule has 2 unspecified atom stereocenters. The van der Waals surface area contributed by atoms with Crippen LogP contribution in [0.2, 0.25) is 0 Å². The van der Waals surface area contributed by atoms with Gasteiger partial charge in [-0.15, -0.1) is 11.6 Å². The predicted octanol–water partition coefficient (Wildman–Crippen LogP) is 3.32. The van der Waals surface area contributed by atoms with Crippen molar-refractivity contribution in [2.45, 2.75) is 44.5 Å². The second-order valence-corrected chi connectivity index (χ2v) is 5.68. The minimum Gasteiger partial charge on any atom is -0.479 e. The molecule has 0 saturated heterocycles. The summed E-state index contributed by atoms with van der Waals surface area (Å²) in [5.41, 5.74) is 1.55. The lowest BCUT2D eigenvalue weighted by molar-refractivity contribution is 0.257. The van der Waals surface area contributed by atoms with E-state index in [-0.39, 0.29) is 0 Å². The van der Waals surface area contributed by atoms with Crippen LogP contribution in [-0.2, 0) is 5.88 Å². The van der Waals surface area contributed by atoms with Crippen molar-refractivity contribution in [1.29, 1.82) is 0 Å². The van der Waals surface area contributed by atoms with Crippen molar-refractivity contribution in [2.24, 2.45) is 5.92 Å². The molecule has 108 valence electrons.